The molecule has 6 heteroatoms. The van der Waals surface area contributed by atoms with Crippen molar-refractivity contribution in [1.82, 2.24) is 14.9 Å². The van der Waals surface area contributed by atoms with E-state index in [4.69, 9.17) is 4.74 Å². The number of amides is 1. The molecule has 0 unspecified atom stereocenters. The molecular formula is C22H22N4O2. The smallest absolute Gasteiger partial charge is 0.254 e. The first-order valence-electron chi connectivity index (χ1n) is 9.31. The fourth-order valence-electron chi connectivity index (χ4n) is 3.43. The summed E-state index contributed by atoms with van der Waals surface area (Å²) in [6.07, 6.45) is 3.48. The van der Waals surface area contributed by atoms with Crippen molar-refractivity contribution in [2.24, 2.45) is 0 Å². The molecule has 28 heavy (non-hydrogen) atoms. The first-order valence-corrected chi connectivity index (χ1v) is 9.31. The second-order valence-corrected chi connectivity index (χ2v) is 6.61. The third-order valence-corrected chi connectivity index (χ3v) is 4.93. The Morgan fingerprint density at radius 3 is 2.32 bits per heavy atom. The standard InChI is InChI=1S/C22H22N4O2/c1-28-20-9-8-18(16-19(20)17-6-3-2-4-7-17)21(27)25-12-14-26(15-13-25)22-23-10-5-11-24-22/h2-11,16H,12-15H2,1H3. The fraction of sp³-hybridized carbons (Fsp3) is 0.227. The van der Waals surface area contributed by atoms with Crippen molar-refractivity contribution in [3.63, 3.8) is 0 Å². The van der Waals surface area contributed by atoms with Gasteiger partial charge in [0.1, 0.15) is 5.75 Å². The summed E-state index contributed by atoms with van der Waals surface area (Å²) in [4.78, 5) is 25.6. The average Bonchev–Trinajstić information content (AvgIpc) is 2.79. The summed E-state index contributed by atoms with van der Waals surface area (Å²) in [6, 6.07) is 17.4. The Labute approximate surface area is 164 Å². The Morgan fingerprint density at radius 2 is 1.64 bits per heavy atom. The third-order valence-electron chi connectivity index (χ3n) is 4.93. The number of methoxy groups -OCH3 is 1. The van der Waals surface area contributed by atoms with E-state index in [9.17, 15) is 4.79 Å². The summed E-state index contributed by atoms with van der Waals surface area (Å²) in [5.74, 6) is 1.51. The minimum atomic E-state index is 0.0356. The maximum Gasteiger partial charge on any atom is 0.254 e. The SMILES string of the molecule is COc1ccc(C(=O)N2CCN(c3ncccn3)CC2)cc1-c1ccccc1. The molecule has 0 bridgehead atoms. The van der Waals surface area contributed by atoms with Crippen LogP contribution in [0.15, 0.2) is 67.0 Å². The maximum absolute atomic E-state index is 13.1. The van der Waals surface area contributed by atoms with Crippen LogP contribution in [0.25, 0.3) is 11.1 Å². The van der Waals surface area contributed by atoms with E-state index in [0.29, 0.717) is 24.6 Å². The number of piperazine rings is 1. The number of rotatable bonds is 4. The van der Waals surface area contributed by atoms with Gasteiger partial charge >= 0.3 is 0 Å². The van der Waals surface area contributed by atoms with E-state index >= 15 is 0 Å². The van der Waals surface area contributed by atoms with E-state index in [0.717, 1.165) is 30.0 Å². The molecule has 0 saturated carbocycles. The zero-order valence-corrected chi connectivity index (χ0v) is 15.8. The number of hydrogen-bond acceptors (Lipinski definition) is 5. The lowest BCUT2D eigenvalue weighted by Gasteiger charge is -2.34. The zero-order valence-electron chi connectivity index (χ0n) is 15.8. The number of carbonyl (C=O) groups is 1. The Kier molecular flexibility index (Phi) is 5.19. The van der Waals surface area contributed by atoms with Gasteiger partial charge in [-0.2, -0.15) is 0 Å². The van der Waals surface area contributed by atoms with Crippen LogP contribution in [-0.2, 0) is 0 Å². The summed E-state index contributed by atoms with van der Waals surface area (Å²) in [6.45, 7) is 2.72. The monoisotopic (exact) mass is 374 g/mol. The van der Waals surface area contributed by atoms with Crippen LogP contribution < -0.4 is 9.64 Å². The van der Waals surface area contributed by atoms with Crippen molar-refractivity contribution in [2.45, 2.75) is 0 Å². The number of ether oxygens (including phenoxy) is 1. The zero-order chi connectivity index (χ0) is 19.3. The number of aromatic nitrogens is 2. The predicted molar refractivity (Wildman–Crippen MR) is 109 cm³/mol. The number of nitrogens with zero attached hydrogens (tertiary/aromatic N) is 4. The highest BCUT2D eigenvalue weighted by atomic mass is 16.5. The molecule has 1 fully saturated rings. The minimum Gasteiger partial charge on any atom is -0.496 e. The predicted octanol–water partition coefficient (Wildman–Crippen LogP) is 3.11. The van der Waals surface area contributed by atoms with Gasteiger partial charge in [0.15, 0.2) is 0 Å². The molecule has 0 radical (unpaired) electrons. The van der Waals surface area contributed by atoms with Crippen molar-refractivity contribution in [2.75, 3.05) is 38.2 Å². The Bertz CT molecular complexity index is 939. The van der Waals surface area contributed by atoms with Gasteiger partial charge in [-0.15, -0.1) is 0 Å². The van der Waals surface area contributed by atoms with Gasteiger partial charge in [-0.1, -0.05) is 30.3 Å². The lowest BCUT2D eigenvalue weighted by molar-refractivity contribution is 0.0746. The highest BCUT2D eigenvalue weighted by Crippen LogP contribution is 2.31. The minimum absolute atomic E-state index is 0.0356. The molecule has 2 heterocycles. The molecule has 0 N–H and O–H groups in total. The van der Waals surface area contributed by atoms with Crippen LogP contribution in [0.5, 0.6) is 5.75 Å². The van der Waals surface area contributed by atoms with Crippen molar-refractivity contribution in [1.29, 1.82) is 0 Å². The van der Waals surface area contributed by atoms with Crippen molar-refractivity contribution in [3.8, 4) is 16.9 Å². The van der Waals surface area contributed by atoms with Gasteiger partial charge in [0.2, 0.25) is 5.95 Å². The number of carbonyl (C=O) groups excluding carboxylic acids is 1. The van der Waals surface area contributed by atoms with Crippen LogP contribution in [0.1, 0.15) is 10.4 Å². The normalized spacial score (nSPS) is 14.0. The Morgan fingerprint density at radius 1 is 0.929 bits per heavy atom. The van der Waals surface area contributed by atoms with Gasteiger partial charge in [-0.3, -0.25) is 4.79 Å². The molecule has 0 atom stereocenters. The van der Waals surface area contributed by atoms with Gasteiger partial charge in [-0.05, 0) is 29.8 Å². The van der Waals surface area contributed by atoms with Crippen molar-refractivity contribution in [3.05, 3.63) is 72.6 Å². The number of hydrogen-bond donors (Lipinski definition) is 0. The molecule has 2 aromatic carbocycles. The second kappa shape index (κ2) is 8.08. The third kappa shape index (κ3) is 3.67. The van der Waals surface area contributed by atoms with Crippen LogP contribution in [-0.4, -0.2) is 54.1 Å². The van der Waals surface area contributed by atoms with E-state index in [2.05, 4.69) is 14.9 Å². The van der Waals surface area contributed by atoms with E-state index < -0.39 is 0 Å². The first kappa shape index (κ1) is 18.0. The maximum atomic E-state index is 13.1. The molecule has 6 nitrogen and oxygen atoms in total. The van der Waals surface area contributed by atoms with Crippen molar-refractivity contribution < 1.29 is 9.53 Å². The Balaban J connectivity index is 1.51. The average molecular weight is 374 g/mol. The van der Waals surface area contributed by atoms with E-state index in [1.54, 1.807) is 25.6 Å². The van der Waals surface area contributed by atoms with Crippen LogP contribution in [0.2, 0.25) is 0 Å². The highest BCUT2D eigenvalue weighted by Gasteiger charge is 2.24. The van der Waals surface area contributed by atoms with Crippen LogP contribution in [0, 0.1) is 0 Å². The molecule has 1 amide bonds. The summed E-state index contributed by atoms with van der Waals surface area (Å²) < 4.78 is 5.50. The molecule has 1 aliphatic rings. The first-order chi connectivity index (χ1) is 13.8. The van der Waals surface area contributed by atoms with Gasteiger partial charge in [0.05, 0.1) is 7.11 Å². The fourth-order valence-corrected chi connectivity index (χ4v) is 3.43. The number of anilines is 1. The molecule has 4 rings (SSSR count). The highest BCUT2D eigenvalue weighted by molar-refractivity contribution is 5.96. The van der Waals surface area contributed by atoms with E-state index in [1.165, 1.54) is 0 Å². The molecule has 0 aliphatic carbocycles. The molecule has 3 aromatic rings. The van der Waals surface area contributed by atoms with Crippen LogP contribution in [0.3, 0.4) is 0 Å². The van der Waals surface area contributed by atoms with E-state index in [1.807, 2.05) is 53.4 Å². The van der Waals surface area contributed by atoms with Crippen molar-refractivity contribution >= 4 is 11.9 Å². The van der Waals surface area contributed by atoms with Gasteiger partial charge in [0, 0.05) is 49.7 Å². The van der Waals surface area contributed by atoms with Crippen LogP contribution >= 0.6 is 0 Å². The van der Waals surface area contributed by atoms with Gasteiger partial charge in [0.25, 0.3) is 5.91 Å². The quantitative estimate of drug-likeness (QED) is 0.702. The molecule has 1 aromatic heterocycles. The molecular weight excluding hydrogens is 352 g/mol. The molecule has 1 saturated heterocycles. The molecule has 0 spiro atoms. The summed E-state index contributed by atoms with van der Waals surface area (Å²) in [5, 5.41) is 0. The largest absolute Gasteiger partial charge is 0.496 e. The van der Waals surface area contributed by atoms with Crippen LogP contribution in [0.4, 0.5) is 5.95 Å². The summed E-state index contributed by atoms with van der Waals surface area (Å²) in [5.41, 5.74) is 2.62. The summed E-state index contributed by atoms with van der Waals surface area (Å²) >= 11 is 0. The number of benzene rings is 2. The topological polar surface area (TPSA) is 58.6 Å². The summed E-state index contributed by atoms with van der Waals surface area (Å²) in [7, 11) is 1.65. The lowest BCUT2D eigenvalue weighted by atomic mass is 10.0. The Hall–Kier alpha value is -3.41. The van der Waals surface area contributed by atoms with Gasteiger partial charge in [-0.25, -0.2) is 9.97 Å². The lowest BCUT2D eigenvalue weighted by Crippen LogP contribution is -2.49. The molecule has 1 aliphatic heterocycles. The molecule has 142 valence electrons. The van der Waals surface area contributed by atoms with E-state index in [-0.39, 0.29) is 5.91 Å². The van der Waals surface area contributed by atoms with Gasteiger partial charge < -0.3 is 14.5 Å². The second-order valence-electron chi connectivity index (χ2n) is 6.61.